The van der Waals surface area contributed by atoms with Gasteiger partial charge in [0.25, 0.3) is 0 Å². The summed E-state index contributed by atoms with van der Waals surface area (Å²) in [4.78, 5) is 15.7. The quantitative estimate of drug-likeness (QED) is 0.525. The van der Waals surface area contributed by atoms with Crippen LogP contribution in [0.4, 0.5) is 5.69 Å². The minimum atomic E-state index is -0.654. The molecule has 0 radical (unpaired) electrons. The number of tetrazole rings is 1. The molecule has 1 aliphatic heterocycles. The molecule has 160 valence electrons. The molecule has 0 fully saturated rings. The van der Waals surface area contributed by atoms with Gasteiger partial charge in [-0.3, -0.25) is 9.69 Å². The average Bonchev–Trinajstić information content (AvgIpc) is 3.23. The third-order valence-corrected chi connectivity index (χ3v) is 5.91. The number of carbonyl (C=O) groups is 1. The first-order chi connectivity index (χ1) is 15.6. The minimum Gasteiger partial charge on any atom is -0.322 e. The summed E-state index contributed by atoms with van der Waals surface area (Å²) in [5.41, 5.74) is 5.94. The third kappa shape index (κ3) is 3.78. The number of hydrogen-bond acceptors (Lipinski definition) is 5. The lowest BCUT2D eigenvalue weighted by Gasteiger charge is -2.29. The van der Waals surface area contributed by atoms with Gasteiger partial charge in [0, 0.05) is 13.1 Å². The van der Waals surface area contributed by atoms with Crippen molar-refractivity contribution < 1.29 is 4.79 Å². The van der Waals surface area contributed by atoms with E-state index in [4.69, 9.17) is 0 Å². The second kappa shape index (κ2) is 8.36. The topological polar surface area (TPSA) is 75.9 Å². The number of aromatic nitrogens is 4. The van der Waals surface area contributed by atoms with Crippen LogP contribution in [0.2, 0.25) is 0 Å². The maximum absolute atomic E-state index is 13.6. The fourth-order valence-electron chi connectivity index (χ4n) is 4.13. The molecular weight excluding hydrogens is 400 g/mol. The highest BCUT2D eigenvalue weighted by Gasteiger charge is 2.36. The molecule has 5 rings (SSSR count). The fraction of sp³-hybridized carbons (Fsp3) is 0.200. The molecule has 0 aliphatic carbocycles. The van der Waals surface area contributed by atoms with Crippen molar-refractivity contribution >= 4 is 11.6 Å². The molecule has 3 aromatic carbocycles. The van der Waals surface area contributed by atoms with Crippen LogP contribution in [0.15, 0.2) is 72.8 Å². The van der Waals surface area contributed by atoms with Crippen molar-refractivity contribution in [2.45, 2.75) is 33.0 Å². The van der Waals surface area contributed by atoms with Crippen LogP contribution in [0.5, 0.6) is 0 Å². The van der Waals surface area contributed by atoms with Gasteiger partial charge in [0.2, 0.25) is 5.91 Å². The first kappa shape index (κ1) is 20.1. The number of amides is 1. The first-order valence-electron chi connectivity index (χ1n) is 10.6. The van der Waals surface area contributed by atoms with Crippen LogP contribution >= 0.6 is 0 Å². The van der Waals surface area contributed by atoms with Gasteiger partial charge in [-0.2, -0.15) is 4.68 Å². The Kier molecular flexibility index (Phi) is 5.25. The molecule has 1 aliphatic rings. The van der Waals surface area contributed by atoms with Crippen LogP contribution in [0.1, 0.15) is 34.1 Å². The molecule has 1 N–H and O–H groups in total. The van der Waals surface area contributed by atoms with E-state index in [2.05, 4.69) is 50.0 Å². The highest BCUT2D eigenvalue weighted by atomic mass is 16.2. The highest BCUT2D eigenvalue weighted by Crippen LogP contribution is 2.33. The number of nitrogens with one attached hydrogen (secondary N) is 1. The number of aryl methyl sites for hydroxylation is 2. The summed E-state index contributed by atoms with van der Waals surface area (Å²) in [6.07, 6.45) is 0. The van der Waals surface area contributed by atoms with Gasteiger partial charge in [0.1, 0.15) is 0 Å². The maximum atomic E-state index is 13.6. The van der Waals surface area contributed by atoms with E-state index >= 15 is 0 Å². The Morgan fingerprint density at radius 1 is 0.906 bits per heavy atom. The SMILES string of the molecule is Cc1cc2c(cc1C)-n1nnnc1C(N(Cc1ccccc1)Cc1ccccc1)C(=O)N2. The van der Waals surface area contributed by atoms with E-state index in [1.54, 1.807) is 4.68 Å². The smallest absolute Gasteiger partial charge is 0.249 e. The van der Waals surface area contributed by atoms with E-state index in [1.807, 2.05) is 62.4 Å². The summed E-state index contributed by atoms with van der Waals surface area (Å²) in [7, 11) is 0. The highest BCUT2D eigenvalue weighted by molar-refractivity contribution is 5.98. The average molecular weight is 425 g/mol. The van der Waals surface area contributed by atoms with Crippen LogP contribution in [0, 0.1) is 13.8 Å². The molecule has 0 spiro atoms. The van der Waals surface area contributed by atoms with Crippen LogP contribution in [-0.2, 0) is 17.9 Å². The predicted molar refractivity (Wildman–Crippen MR) is 122 cm³/mol. The lowest BCUT2D eigenvalue weighted by molar-refractivity contribution is -0.122. The first-order valence-corrected chi connectivity index (χ1v) is 10.6. The molecule has 32 heavy (non-hydrogen) atoms. The molecule has 2 heterocycles. The Morgan fingerprint density at radius 2 is 1.50 bits per heavy atom. The molecule has 1 aromatic heterocycles. The van der Waals surface area contributed by atoms with E-state index in [-0.39, 0.29) is 5.91 Å². The van der Waals surface area contributed by atoms with E-state index in [1.165, 1.54) is 0 Å². The Balaban J connectivity index is 1.60. The molecule has 4 aromatic rings. The lowest BCUT2D eigenvalue weighted by atomic mass is 10.1. The van der Waals surface area contributed by atoms with Gasteiger partial charge in [0.15, 0.2) is 11.9 Å². The third-order valence-electron chi connectivity index (χ3n) is 5.91. The number of benzene rings is 3. The number of fused-ring (bicyclic) bond motifs is 3. The van der Waals surface area contributed by atoms with Crippen molar-refractivity contribution in [1.29, 1.82) is 0 Å². The van der Waals surface area contributed by atoms with Crippen LogP contribution < -0.4 is 5.32 Å². The van der Waals surface area contributed by atoms with Crippen molar-refractivity contribution in [1.82, 2.24) is 25.1 Å². The standard InChI is InChI=1S/C25H24N6O/c1-17-13-21-22(14-18(17)2)31-24(27-28-29-31)23(25(32)26-21)30(15-19-9-5-3-6-10-19)16-20-11-7-4-8-12-20/h3-14,23H,15-16H2,1-2H3,(H,26,32). The van der Waals surface area contributed by atoms with Crippen molar-refractivity contribution in [3.8, 4) is 5.69 Å². The molecule has 0 saturated carbocycles. The van der Waals surface area contributed by atoms with Gasteiger partial charge in [0.05, 0.1) is 11.4 Å². The van der Waals surface area contributed by atoms with E-state index in [9.17, 15) is 4.79 Å². The number of carbonyl (C=O) groups excluding carboxylic acids is 1. The van der Waals surface area contributed by atoms with Gasteiger partial charge in [-0.1, -0.05) is 60.7 Å². The van der Waals surface area contributed by atoms with Crippen molar-refractivity contribution in [2.75, 3.05) is 5.32 Å². The summed E-state index contributed by atoms with van der Waals surface area (Å²) in [5, 5.41) is 15.6. The Hall–Kier alpha value is -3.84. The fourth-order valence-corrected chi connectivity index (χ4v) is 4.13. The Bertz CT molecular complexity index is 1210. The second-order valence-corrected chi connectivity index (χ2v) is 8.17. The maximum Gasteiger partial charge on any atom is 0.249 e. The molecule has 1 amide bonds. The van der Waals surface area contributed by atoms with Crippen molar-refractivity contribution in [3.63, 3.8) is 0 Å². The monoisotopic (exact) mass is 424 g/mol. The van der Waals surface area contributed by atoms with Gasteiger partial charge < -0.3 is 5.32 Å². The van der Waals surface area contributed by atoms with Crippen LogP contribution in [0.25, 0.3) is 5.69 Å². The summed E-state index contributed by atoms with van der Waals surface area (Å²) in [5.74, 6) is 0.367. The van der Waals surface area contributed by atoms with Crippen molar-refractivity contribution in [2.24, 2.45) is 0 Å². The zero-order chi connectivity index (χ0) is 22.1. The summed E-state index contributed by atoms with van der Waals surface area (Å²) < 4.78 is 1.69. The molecule has 1 unspecified atom stereocenters. The molecule has 7 nitrogen and oxygen atoms in total. The predicted octanol–water partition coefficient (Wildman–Crippen LogP) is 3.97. The Morgan fingerprint density at radius 3 is 2.12 bits per heavy atom. The number of rotatable bonds is 5. The summed E-state index contributed by atoms with van der Waals surface area (Å²) >= 11 is 0. The zero-order valence-corrected chi connectivity index (χ0v) is 18.1. The lowest BCUT2D eigenvalue weighted by Crippen LogP contribution is -2.37. The number of nitrogens with zero attached hydrogens (tertiary/aromatic N) is 5. The molecule has 0 saturated heterocycles. The van der Waals surface area contributed by atoms with E-state index in [0.717, 1.165) is 27.9 Å². The largest absolute Gasteiger partial charge is 0.322 e. The number of anilines is 1. The molecule has 7 heteroatoms. The summed E-state index contributed by atoms with van der Waals surface area (Å²) in [6.45, 7) is 5.23. The van der Waals surface area contributed by atoms with Gasteiger partial charge >= 0.3 is 0 Å². The van der Waals surface area contributed by atoms with Crippen LogP contribution in [-0.4, -0.2) is 31.0 Å². The Labute approximate surface area is 186 Å². The van der Waals surface area contributed by atoms with Gasteiger partial charge in [-0.25, -0.2) is 0 Å². The zero-order valence-electron chi connectivity index (χ0n) is 18.1. The molecule has 0 bridgehead atoms. The minimum absolute atomic E-state index is 0.144. The molecule has 1 atom stereocenters. The van der Waals surface area contributed by atoms with Gasteiger partial charge in [-0.15, -0.1) is 5.10 Å². The molecular formula is C25H24N6O. The van der Waals surface area contributed by atoms with E-state index < -0.39 is 6.04 Å². The second-order valence-electron chi connectivity index (χ2n) is 8.17. The number of hydrogen-bond donors (Lipinski definition) is 1. The van der Waals surface area contributed by atoms with Crippen molar-refractivity contribution in [3.05, 3.63) is 101 Å². The van der Waals surface area contributed by atoms with E-state index in [0.29, 0.717) is 24.6 Å². The van der Waals surface area contributed by atoms with Crippen LogP contribution in [0.3, 0.4) is 0 Å². The van der Waals surface area contributed by atoms with Gasteiger partial charge in [-0.05, 0) is 58.7 Å². The summed E-state index contributed by atoms with van der Waals surface area (Å²) in [6, 6.07) is 23.6. The normalized spacial score (nSPS) is 15.1.